The summed E-state index contributed by atoms with van der Waals surface area (Å²) in [6, 6.07) is 9.24. The molecule has 0 saturated carbocycles. The van der Waals surface area contributed by atoms with Crippen LogP contribution in [-0.4, -0.2) is 11.0 Å². The largest absolute Gasteiger partial charge is 0.361 e. The summed E-state index contributed by atoms with van der Waals surface area (Å²) < 4.78 is 0. The number of nitrogens with one attached hydrogen (secondary N) is 2. The maximum atomic E-state index is 3.55. The highest BCUT2D eigenvalue weighted by atomic mass is 14.9. The number of rotatable bonds is 4. The van der Waals surface area contributed by atoms with Gasteiger partial charge in [-0.1, -0.05) is 19.9 Å². The van der Waals surface area contributed by atoms with Crippen LogP contribution in [0.25, 0.3) is 10.9 Å². The second-order valence-corrected chi connectivity index (χ2v) is 4.81. The van der Waals surface area contributed by atoms with E-state index in [4.69, 9.17) is 0 Å². The Morgan fingerprint density at radius 3 is 2.75 bits per heavy atom. The molecule has 16 heavy (non-hydrogen) atoms. The highest BCUT2D eigenvalue weighted by Gasteiger charge is 2.05. The molecule has 1 aromatic heterocycles. The fraction of sp³-hybridized carbons (Fsp3) is 0.429. The second-order valence-electron chi connectivity index (χ2n) is 4.81. The van der Waals surface area contributed by atoms with Crippen LogP contribution in [0.4, 0.5) is 0 Å². The average Bonchev–Trinajstić information content (AvgIpc) is 2.72. The van der Waals surface area contributed by atoms with Crippen molar-refractivity contribution in [1.82, 2.24) is 10.3 Å². The Hall–Kier alpha value is -1.28. The van der Waals surface area contributed by atoms with Crippen LogP contribution in [0.15, 0.2) is 30.5 Å². The van der Waals surface area contributed by atoms with E-state index in [1.165, 1.54) is 16.5 Å². The first-order valence-electron chi connectivity index (χ1n) is 5.96. The Morgan fingerprint density at radius 1 is 1.19 bits per heavy atom. The summed E-state index contributed by atoms with van der Waals surface area (Å²) >= 11 is 0. The fourth-order valence-corrected chi connectivity index (χ4v) is 1.73. The number of hydrogen-bond donors (Lipinski definition) is 2. The van der Waals surface area contributed by atoms with Crippen molar-refractivity contribution in [3.63, 3.8) is 0 Å². The van der Waals surface area contributed by atoms with Crippen LogP contribution in [0.2, 0.25) is 0 Å². The SMILES string of the molecule is CC(C)C(C)NCc1ccc2[nH]ccc2c1. The molecule has 86 valence electrons. The molecular weight excluding hydrogens is 196 g/mol. The van der Waals surface area contributed by atoms with Gasteiger partial charge in [-0.3, -0.25) is 0 Å². The van der Waals surface area contributed by atoms with Crippen LogP contribution in [0.5, 0.6) is 0 Å². The molecule has 0 aliphatic rings. The lowest BCUT2D eigenvalue weighted by Crippen LogP contribution is -2.30. The summed E-state index contributed by atoms with van der Waals surface area (Å²) in [4.78, 5) is 3.21. The Balaban J connectivity index is 2.04. The van der Waals surface area contributed by atoms with Gasteiger partial charge < -0.3 is 10.3 Å². The normalized spacial score (nSPS) is 13.5. The minimum atomic E-state index is 0.557. The molecule has 0 aliphatic heterocycles. The summed E-state index contributed by atoms with van der Waals surface area (Å²) in [6.45, 7) is 7.67. The molecule has 1 atom stereocenters. The first-order valence-corrected chi connectivity index (χ1v) is 5.96. The molecule has 0 fully saturated rings. The van der Waals surface area contributed by atoms with Gasteiger partial charge in [0, 0.05) is 24.3 Å². The number of fused-ring (bicyclic) bond motifs is 1. The summed E-state index contributed by atoms with van der Waals surface area (Å²) in [7, 11) is 0. The fourth-order valence-electron chi connectivity index (χ4n) is 1.73. The Morgan fingerprint density at radius 2 is 2.00 bits per heavy atom. The lowest BCUT2D eigenvalue weighted by atomic mass is 10.1. The molecule has 1 heterocycles. The summed E-state index contributed by atoms with van der Waals surface area (Å²) in [5.74, 6) is 0.677. The zero-order chi connectivity index (χ0) is 11.5. The molecule has 2 rings (SSSR count). The summed E-state index contributed by atoms with van der Waals surface area (Å²) in [5, 5.41) is 4.83. The molecule has 0 aliphatic carbocycles. The van der Waals surface area contributed by atoms with E-state index in [1.807, 2.05) is 6.20 Å². The van der Waals surface area contributed by atoms with Crippen molar-refractivity contribution in [3.05, 3.63) is 36.0 Å². The minimum Gasteiger partial charge on any atom is -0.361 e. The zero-order valence-electron chi connectivity index (χ0n) is 10.2. The Bertz CT molecular complexity index is 456. The maximum absolute atomic E-state index is 3.55. The smallest absolute Gasteiger partial charge is 0.0454 e. The highest BCUT2D eigenvalue weighted by molar-refractivity contribution is 5.79. The van der Waals surface area contributed by atoms with Crippen LogP contribution in [0.1, 0.15) is 26.3 Å². The number of aromatic amines is 1. The highest BCUT2D eigenvalue weighted by Crippen LogP contribution is 2.14. The third kappa shape index (κ3) is 2.45. The maximum Gasteiger partial charge on any atom is 0.0454 e. The molecule has 2 N–H and O–H groups in total. The van der Waals surface area contributed by atoms with Crippen molar-refractivity contribution >= 4 is 10.9 Å². The van der Waals surface area contributed by atoms with Crippen molar-refractivity contribution < 1.29 is 0 Å². The molecule has 2 nitrogen and oxygen atoms in total. The minimum absolute atomic E-state index is 0.557. The number of hydrogen-bond acceptors (Lipinski definition) is 1. The summed E-state index contributed by atoms with van der Waals surface area (Å²) in [5.41, 5.74) is 2.56. The van der Waals surface area contributed by atoms with Crippen LogP contribution in [0.3, 0.4) is 0 Å². The third-order valence-electron chi connectivity index (χ3n) is 3.25. The van der Waals surface area contributed by atoms with Gasteiger partial charge in [-0.2, -0.15) is 0 Å². The molecule has 0 bridgehead atoms. The van der Waals surface area contributed by atoms with Crippen molar-refractivity contribution in [2.24, 2.45) is 5.92 Å². The quantitative estimate of drug-likeness (QED) is 0.806. The van der Waals surface area contributed by atoms with Gasteiger partial charge in [0.1, 0.15) is 0 Å². The van der Waals surface area contributed by atoms with E-state index in [0.717, 1.165) is 6.54 Å². The van der Waals surface area contributed by atoms with Gasteiger partial charge in [-0.25, -0.2) is 0 Å². The molecule has 0 saturated heterocycles. The van der Waals surface area contributed by atoms with Crippen LogP contribution < -0.4 is 5.32 Å². The van der Waals surface area contributed by atoms with Gasteiger partial charge in [0.25, 0.3) is 0 Å². The van der Waals surface area contributed by atoms with E-state index >= 15 is 0 Å². The van der Waals surface area contributed by atoms with E-state index in [2.05, 4.69) is 55.3 Å². The number of benzene rings is 1. The lowest BCUT2D eigenvalue weighted by Gasteiger charge is -2.17. The first kappa shape index (κ1) is 11.2. The van der Waals surface area contributed by atoms with Gasteiger partial charge >= 0.3 is 0 Å². The molecule has 1 unspecified atom stereocenters. The van der Waals surface area contributed by atoms with E-state index in [0.29, 0.717) is 12.0 Å². The van der Waals surface area contributed by atoms with Gasteiger partial charge in [0.2, 0.25) is 0 Å². The van der Waals surface area contributed by atoms with Crippen molar-refractivity contribution in [2.45, 2.75) is 33.4 Å². The molecule has 2 aromatic rings. The number of aromatic nitrogens is 1. The number of H-pyrrole nitrogens is 1. The van der Waals surface area contributed by atoms with E-state index in [9.17, 15) is 0 Å². The standard InChI is InChI=1S/C14H20N2/c1-10(2)11(3)16-9-12-4-5-14-13(8-12)6-7-15-14/h4-8,10-11,15-16H,9H2,1-3H3. The van der Waals surface area contributed by atoms with E-state index in [-0.39, 0.29) is 0 Å². The Labute approximate surface area is 97.1 Å². The van der Waals surface area contributed by atoms with Gasteiger partial charge in [-0.15, -0.1) is 0 Å². The molecular formula is C14H20N2. The lowest BCUT2D eigenvalue weighted by molar-refractivity contribution is 0.426. The van der Waals surface area contributed by atoms with Crippen LogP contribution >= 0.6 is 0 Å². The zero-order valence-corrected chi connectivity index (χ0v) is 10.2. The third-order valence-corrected chi connectivity index (χ3v) is 3.25. The average molecular weight is 216 g/mol. The second kappa shape index (κ2) is 4.71. The van der Waals surface area contributed by atoms with Gasteiger partial charge in [0.15, 0.2) is 0 Å². The topological polar surface area (TPSA) is 27.8 Å². The van der Waals surface area contributed by atoms with Crippen molar-refractivity contribution in [2.75, 3.05) is 0 Å². The molecule has 1 aromatic carbocycles. The monoisotopic (exact) mass is 216 g/mol. The van der Waals surface area contributed by atoms with Gasteiger partial charge in [-0.05, 0) is 42.0 Å². The summed E-state index contributed by atoms with van der Waals surface area (Å²) in [6.07, 6.45) is 1.98. The van der Waals surface area contributed by atoms with E-state index < -0.39 is 0 Å². The van der Waals surface area contributed by atoms with Crippen molar-refractivity contribution in [1.29, 1.82) is 0 Å². The Kier molecular flexibility index (Phi) is 3.30. The van der Waals surface area contributed by atoms with Crippen molar-refractivity contribution in [3.8, 4) is 0 Å². The predicted molar refractivity (Wildman–Crippen MR) is 69.4 cm³/mol. The van der Waals surface area contributed by atoms with Crippen LogP contribution in [0, 0.1) is 5.92 Å². The van der Waals surface area contributed by atoms with Crippen LogP contribution in [-0.2, 0) is 6.54 Å². The molecule has 0 radical (unpaired) electrons. The first-order chi connectivity index (χ1) is 7.66. The predicted octanol–water partition coefficient (Wildman–Crippen LogP) is 3.30. The molecule has 2 heteroatoms. The molecule has 0 amide bonds. The van der Waals surface area contributed by atoms with E-state index in [1.54, 1.807) is 0 Å². The van der Waals surface area contributed by atoms with Gasteiger partial charge in [0.05, 0.1) is 0 Å². The molecule has 0 spiro atoms.